The summed E-state index contributed by atoms with van der Waals surface area (Å²) in [7, 11) is 1.29. The summed E-state index contributed by atoms with van der Waals surface area (Å²) in [4.78, 5) is 49.9. The van der Waals surface area contributed by atoms with Gasteiger partial charge in [0.2, 0.25) is 0 Å². The van der Waals surface area contributed by atoms with Crippen molar-refractivity contribution in [1.82, 2.24) is 9.80 Å². The van der Waals surface area contributed by atoms with Gasteiger partial charge < -0.3 is 43.7 Å². The van der Waals surface area contributed by atoms with Crippen molar-refractivity contribution < 1.29 is 92.5 Å². The number of carbonyl (C=O) groups is 4. The normalized spacial score (nSPS) is 23.0. The van der Waals surface area contributed by atoms with Crippen molar-refractivity contribution in [2.24, 2.45) is 0 Å². The van der Waals surface area contributed by atoms with Gasteiger partial charge in [-0.25, -0.2) is 19.2 Å². The van der Waals surface area contributed by atoms with Crippen LogP contribution in [0.3, 0.4) is 0 Å². The Morgan fingerprint density at radius 2 is 1.05 bits per heavy atom. The summed E-state index contributed by atoms with van der Waals surface area (Å²) >= 11 is 0. The van der Waals surface area contributed by atoms with Crippen LogP contribution in [0, 0.1) is 0 Å². The van der Waals surface area contributed by atoms with Gasteiger partial charge in [0.1, 0.15) is 23.3 Å². The predicted molar refractivity (Wildman–Crippen MR) is 154 cm³/mol. The van der Waals surface area contributed by atoms with E-state index >= 15 is 0 Å². The molecule has 4 rings (SSSR count). The number of carbonyl (C=O) groups excluding carboxylic acids is 3. The molecule has 2 atom stereocenters. The van der Waals surface area contributed by atoms with Crippen molar-refractivity contribution >= 4 is 51.1 Å². The molecular weight excluding hydrogens is 623 g/mol. The van der Waals surface area contributed by atoms with Crippen LogP contribution in [-0.4, -0.2) is 126 Å². The molecule has 0 aromatic rings. The van der Waals surface area contributed by atoms with E-state index in [1.54, 1.807) is 41.5 Å². The number of methoxy groups -OCH3 is 1. The zero-order valence-corrected chi connectivity index (χ0v) is 30.1. The minimum Gasteiger partial charge on any atom is -0.870 e. The second-order valence-corrected chi connectivity index (χ2v) is 11.7. The number of esters is 1. The standard InChI is InChI=1S/C13H21NO6.C12H19NO6.Na.H2O.2H2S/c1-12(2,3)20-11(16)14-8-13(18-5-6-19-13)7-9(14)10(15)17-4;1-11(2,3)19-10(16)13-7-12(17-4-5-18-12)6-8(13)9(14)15;;;;/h9H,5-8H2,1-4H3;8H,4-7H2,1-3H3,(H,14,15);;3*1H2/q;;+1;;;/p-1/t9-;8-;;;;/m00..../s1. The summed E-state index contributed by atoms with van der Waals surface area (Å²) in [6, 6.07) is -1.72. The summed E-state index contributed by atoms with van der Waals surface area (Å²) in [5.74, 6) is -3.47. The number of aliphatic carboxylic acids is 1. The first-order chi connectivity index (χ1) is 18.0. The fourth-order valence-corrected chi connectivity index (χ4v) is 4.68. The van der Waals surface area contributed by atoms with Crippen LogP contribution in [0.5, 0.6) is 0 Å². The van der Waals surface area contributed by atoms with Gasteiger partial charge in [0.15, 0.2) is 11.6 Å². The number of amides is 2. The quantitative estimate of drug-likeness (QED) is 0.210. The molecule has 2 amide bonds. The van der Waals surface area contributed by atoms with Crippen LogP contribution < -0.4 is 29.6 Å². The molecule has 0 aromatic heterocycles. The van der Waals surface area contributed by atoms with Gasteiger partial charge in [-0.2, -0.15) is 27.0 Å². The van der Waals surface area contributed by atoms with Crippen LogP contribution in [0.4, 0.5) is 9.59 Å². The van der Waals surface area contributed by atoms with E-state index in [-0.39, 0.29) is 88.0 Å². The molecule has 0 radical (unpaired) electrons. The zero-order chi connectivity index (χ0) is 29.2. The van der Waals surface area contributed by atoms with Crippen LogP contribution in [0.1, 0.15) is 54.4 Å². The van der Waals surface area contributed by atoms with E-state index in [0.29, 0.717) is 26.4 Å². The molecule has 18 heteroatoms. The van der Waals surface area contributed by atoms with Gasteiger partial charge in [0.25, 0.3) is 0 Å². The number of likely N-dealkylation sites (tertiary alicyclic amines) is 2. The minimum atomic E-state index is -1.08. The Balaban J connectivity index is 0. The van der Waals surface area contributed by atoms with Gasteiger partial charge in [-0.3, -0.25) is 9.80 Å². The Morgan fingerprint density at radius 3 is 1.35 bits per heavy atom. The Bertz CT molecular complexity index is 948. The first-order valence-electron chi connectivity index (χ1n) is 12.8. The fourth-order valence-electron chi connectivity index (χ4n) is 4.68. The van der Waals surface area contributed by atoms with E-state index in [0.717, 1.165) is 0 Å². The fraction of sp³-hybridized carbons (Fsp3) is 0.840. The number of rotatable bonds is 2. The smallest absolute Gasteiger partial charge is 0.870 e. The maximum Gasteiger partial charge on any atom is 1.00 e. The zero-order valence-electron chi connectivity index (χ0n) is 26.1. The summed E-state index contributed by atoms with van der Waals surface area (Å²) in [5, 5.41) is 9.21. The van der Waals surface area contributed by atoms with Crippen LogP contribution >= 0.6 is 27.0 Å². The second kappa shape index (κ2) is 17.1. The van der Waals surface area contributed by atoms with Crippen molar-refractivity contribution in [2.45, 2.75) is 89.2 Å². The van der Waals surface area contributed by atoms with Crippen molar-refractivity contribution in [3.05, 3.63) is 0 Å². The first-order valence-corrected chi connectivity index (χ1v) is 12.8. The molecule has 0 aliphatic carbocycles. The van der Waals surface area contributed by atoms with Crippen LogP contribution in [-0.2, 0) is 42.7 Å². The Morgan fingerprint density at radius 1 is 0.721 bits per heavy atom. The molecule has 4 heterocycles. The van der Waals surface area contributed by atoms with E-state index < -0.39 is 59.0 Å². The van der Waals surface area contributed by atoms with Crippen molar-refractivity contribution in [3.8, 4) is 0 Å². The number of hydrogen-bond acceptors (Lipinski definition) is 12. The number of carboxylic acids is 1. The third kappa shape index (κ3) is 11.7. The van der Waals surface area contributed by atoms with Crippen LogP contribution in [0.15, 0.2) is 0 Å². The molecule has 246 valence electrons. The monoisotopic (exact) mass is 668 g/mol. The third-order valence-corrected chi connectivity index (χ3v) is 6.23. The van der Waals surface area contributed by atoms with Gasteiger partial charge in [-0.1, -0.05) is 0 Å². The minimum absolute atomic E-state index is 0. The van der Waals surface area contributed by atoms with Gasteiger partial charge >= 0.3 is 53.7 Å². The molecule has 0 aromatic carbocycles. The Labute approximate surface area is 288 Å². The number of ether oxygens (including phenoxy) is 7. The second-order valence-electron chi connectivity index (χ2n) is 11.7. The maximum atomic E-state index is 12.2. The van der Waals surface area contributed by atoms with E-state index in [2.05, 4.69) is 0 Å². The largest absolute Gasteiger partial charge is 1.00 e. The maximum absolute atomic E-state index is 12.2. The third-order valence-electron chi connectivity index (χ3n) is 6.23. The predicted octanol–water partition coefficient (Wildman–Crippen LogP) is -1.21. The number of carboxylic acid groups (broad SMARTS) is 1. The van der Waals surface area contributed by atoms with Crippen LogP contribution in [0.2, 0.25) is 0 Å². The summed E-state index contributed by atoms with van der Waals surface area (Å²) in [6.07, 6.45) is -0.833. The summed E-state index contributed by atoms with van der Waals surface area (Å²) < 4.78 is 37.3. The van der Waals surface area contributed by atoms with Crippen LogP contribution in [0.25, 0.3) is 0 Å². The molecule has 0 unspecified atom stereocenters. The van der Waals surface area contributed by atoms with Crippen molar-refractivity contribution in [2.75, 3.05) is 46.6 Å². The molecule has 2 spiro atoms. The number of hydrogen-bond donors (Lipinski definition) is 1. The molecule has 43 heavy (non-hydrogen) atoms. The molecule has 15 nitrogen and oxygen atoms in total. The van der Waals surface area contributed by atoms with E-state index in [9.17, 15) is 24.3 Å². The van der Waals surface area contributed by atoms with Gasteiger partial charge in [0, 0.05) is 12.8 Å². The molecule has 2 N–H and O–H groups in total. The van der Waals surface area contributed by atoms with Crippen molar-refractivity contribution in [3.63, 3.8) is 0 Å². The molecule has 4 aliphatic rings. The van der Waals surface area contributed by atoms with Gasteiger partial charge in [0.05, 0.1) is 46.6 Å². The molecular formula is C25H45N2NaO13S2. The van der Waals surface area contributed by atoms with E-state index in [1.165, 1.54) is 16.9 Å². The van der Waals surface area contributed by atoms with Gasteiger partial charge in [-0.15, -0.1) is 0 Å². The average Bonchev–Trinajstić information content (AvgIpc) is 3.60. The molecule has 0 saturated carbocycles. The number of nitrogens with zero attached hydrogens (tertiary/aromatic N) is 2. The van der Waals surface area contributed by atoms with Gasteiger partial charge in [-0.05, 0) is 41.5 Å². The first kappa shape index (κ1) is 44.1. The Hall–Kier alpha value is -1.02. The Kier molecular flexibility index (Phi) is 17.5. The molecule has 4 fully saturated rings. The summed E-state index contributed by atoms with van der Waals surface area (Å²) in [6.45, 7) is 12.5. The van der Waals surface area contributed by atoms with E-state index in [4.69, 9.17) is 33.2 Å². The topological polar surface area (TPSA) is 190 Å². The SMILES string of the molecule is CC(C)(C)OC(=O)N1CC2(C[C@H]1C(=O)O)OCCO2.COC(=O)[C@@H]1CC2(CN1C(=O)OC(C)(C)C)OCCO2.S.S.[Na+].[OH-]. The molecule has 4 saturated heterocycles. The van der Waals surface area contributed by atoms with Crippen molar-refractivity contribution in [1.29, 1.82) is 0 Å². The van der Waals surface area contributed by atoms with E-state index in [1.807, 2.05) is 0 Å². The molecule has 4 aliphatic heterocycles. The average molecular weight is 669 g/mol. The summed E-state index contributed by atoms with van der Waals surface area (Å²) in [5.41, 5.74) is -1.31. The molecule has 0 bridgehead atoms.